The summed E-state index contributed by atoms with van der Waals surface area (Å²) in [6, 6.07) is 13.0. The van der Waals surface area contributed by atoms with Gasteiger partial charge in [0.1, 0.15) is 23.9 Å². The molecule has 4 heteroatoms. The van der Waals surface area contributed by atoms with Gasteiger partial charge >= 0.3 is 5.97 Å². The van der Waals surface area contributed by atoms with E-state index >= 15 is 0 Å². The quantitative estimate of drug-likeness (QED) is 0.284. The van der Waals surface area contributed by atoms with E-state index in [1.807, 2.05) is 44.2 Å². The maximum atomic E-state index is 11.6. The van der Waals surface area contributed by atoms with E-state index in [-0.39, 0.29) is 0 Å². The molecule has 0 fully saturated rings. The molecule has 0 bridgehead atoms. The Hall–Kier alpha value is -3.01. The van der Waals surface area contributed by atoms with Crippen LogP contribution in [0.4, 0.5) is 0 Å². The highest BCUT2D eigenvalue weighted by molar-refractivity contribution is 5.88. The first-order valence-corrected chi connectivity index (χ1v) is 8.43. The van der Waals surface area contributed by atoms with Crippen LogP contribution < -0.4 is 14.2 Å². The van der Waals surface area contributed by atoms with Gasteiger partial charge in [-0.3, -0.25) is 0 Å². The monoisotopic (exact) mass is 352 g/mol. The van der Waals surface area contributed by atoms with Gasteiger partial charge in [0.2, 0.25) is 0 Å². The molecule has 0 saturated carbocycles. The number of carbonyl (C=O) groups is 1. The van der Waals surface area contributed by atoms with Crippen molar-refractivity contribution >= 4 is 5.97 Å². The van der Waals surface area contributed by atoms with Crippen molar-refractivity contribution in [3.8, 4) is 28.4 Å². The molecule has 0 saturated heterocycles. The largest absolute Gasteiger partial charge is 0.493 e. The maximum absolute atomic E-state index is 11.6. The summed E-state index contributed by atoms with van der Waals surface area (Å²) in [5.41, 5.74) is 3.20. The number of hydrogen-bond acceptors (Lipinski definition) is 4. The van der Waals surface area contributed by atoms with Crippen LogP contribution in [-0.2, 0) is 4.79 Å². The third kappa shape index (κ3) is 5.24. The van der Waals surface area contributed by atoms with Gasteiger partial charge < -0.3 is 14.2 Å². The van der Waals surface area contributed by atoms with Crippen LogP contribution in [0.2, 0.25) is 0 Å². The first-order valence-electron chi connectivity index (χ1n) is 8.43. The van der Waals surface area contributed by atoms with Gasteiger partial charge in [0.25, 0.3) is 0 Å². The predicted octanol–water partition coefficient (Wildman–Crippen LogP) is 5.19. The van der Waals surface area contributed by atoms with E-state index in [1.165, 1.54) is 0 Å². The summed E-state index contributed by atoms with van der Waals surface area (Å²) >= 11 is 0. The summed E-state index contributed by atoms with van der Waals surface area (Å²) in [5.74, 6) is 1.50. The van der Waals surface area contributed by atoms with Gasteiger partial charge in [-0.15, -0.1) is 0 Å². The lowest BCUT2D eigenvalue weighted by Crippen LogP contribution is -2.07. The van der Waals surface area contributed by atoms with E-state index in [0.29, 0.717) is 24.5 Å². The zero-order valence-electron chi connectivity index (χ0n) is 15.5. The van der Waals surface area contributed by atoms with Crippen molar-refractivity contribution in [2.24, 2.45) is 0 Å². The Morgan fingerprint density at radius 1 is 0.962 bits per heavy atom. The smallest absolute Gasteiger partial charge is 0.338 e. The van der Waals surface area contributed by atoms with Crippen molar-refractivity contribution in [2.45, 2.75) is 20.8 Å². The van der Waals surface area contributed by atoms with E-state index in [0.717, 1.165) is 28.2 Å². The van der Waals surface area contributed by atoms with Gasteiger partial charge in [0.15, 0.2) is 0 Å². The molecule has 0 heterocycles. The lowest BCUT2D eigenvalue weighted by atomic mass is 10.0. The number of benzene rings is 2. The molecule has 0 unspecified atom stereocenters. The maximum Gasteiger partial charge on any atom is 0.338 e. The van der Waals surface area contributed by atoms with Gasteiger partial charge in [-0.05, 0) is 56.2 Å². The second-order valence-electron chi connectivity index (χ2n) is 6.03. The summed E-state index contributed by atoms with van der Waals surface area (Å²) in [4.78, 5) is 11.6. The van der Waals surface area contributed by atoms with Gasteiger partial charge in [0.05, 0.1) is 6.61 Å². The standard InChI is InChI=1S/C22H24O4/c1-6-24-21-13-19(25-14-15(2)3)11-12-20(21)17-7-9-18(10-8-17)26-22(23)16(4)5/h7-13H,2,4,6,14H2,1,3,5H3. The summed E-state index contributed by atoms with van der Waals surface area (Å²) in [5, 5.41) is 0. The first-order chi connectivity index (χ1) is 12.4. The molecular formula is C22H24O4. The summed E-state index contributed by atoms with van der Waals surface area (Å²) < 4.78 is 16.7. The second-order valence-corrected chi connectivity index (χ2v) is 6.03. The lowest BCUT2D eigenvalue weighted by molar-refractivity contribution is -0.130. The second kappa shape index (κ2) is 8.90. The molecule has 0 aliphatic heterocycles. The minimum Gasteiger partial charge on any atom is -0.493 e. The molecular weight excluding hydrogens is 328 g/mol. The van der Waals surface area contributed by atoms with Crippen LogP contribution in [0.3, 0.4) is 0 Å². The van der Waals surface area contributed by atoms with E-state index < -0.39 is 5.97 Å². The van der Waals surface area contributed by atoms with Crippen LogP contribution in [0.5, 0.6) is 17.2 Å². The third-order valence-corrected chi connectivity index (χ3v) is 3.46. The molecule has 0 atom stereocenters. The molecule has 0 radical (unpaired) electrons. The highest BCUT2D eigenvalue weighted by atomic mass is 16.5. The molecule has 0 aliphatic carbocycles. The Labute approximate surface area is 154 Å². The van der Waals surface area contributed by atoms with Crippen LogP contribution in [0.25, 0.3) is 11.1 Å². The Bertz CT molecular complexity index is 803. The van der Waals surface area contributed by atoms with E-state index in [1.54, 1.807) is 19.1 Å². The van der Waals surface area contributed by atoms with Crippen LogP contribution in [0.15, 0.2) is 66.8 Å². The molecule has 0 amide bonds. The molecule has 2 aromatic carbocycles. The van der Waals surface area contributed by atoms with E-state index in [2.05, 4.69) is 13.2 Å². The number of hydrogen-bond donors (Lipinski definition) is 0. The number of ether oxygens (including phenoxy) is 3. The molecule has 0 aliphatic rings. The third-order valence-electron chi connectivity index (χ3n) is 3.46. The highest BCUT2D eigenvalue weighted by Crippen LogP contribution is 2.34. The SMILES string of the molecule is C=C(C)COc1ccc(-c2ccc(OC(=O)C(=C)C)cc2)c(OCC)c1. The Kier molecular flexibility index (Phi) is 6.61. The number of carbonyl (C=O) groups excluding carboxylic acids is 1. The summed E-state index contributed by atoms with van der Waals surface area (Å²) in [7, 11) is 0. The van der Waals surface area contributed by atoms with Crippen molar-refractivity contribution in [1.82, 2.24) is 0 Å². The van der Waals surface area contributed by atoms with Crippen molar-refractivity contribution in [3.05, 3.63) is 66.8 Å². The Morgan fingerprint density at radius 2 is 1.62 bits per heavy atom. The first kappa shape index (κ1) is 19.3. The highest BCUT2D eigenvalue weighted by Gasteiger charge is 2.10. The van der Waals surface area contributed by atoms with Crippen molar-refractivity contribution in [1.29, 1.82) is 0 Å². The summed E-state index contributed by atoms with van der Waals surface area (Å²) in [6.07, 6.45) is 0. The molecule has 2 aromatic rings. The van der Waals surface area contributed by atoms with E-state index in [9.17, 15) is 4.79 Å². The van der Waals surface area contributed by atoms with Crippen LogP contribution in [-0.4, -0.2) is 19.2 Å². The lowest BCUT2D eigenvalue weighted by Gasteiger charge is -2.14. The van der Waals surface area contributed by atoms with Crippen LogP contribution in [0.1, 0.15) is 20.8 Å². The summed E-state index contributed by atoms with van der Waals surface area (Å²) in [6.45, 7) is 13.9. The topological polar surface area (TPSA) is 44.8 Å². The molecule has 26 heavy (non-hydrogen) atoms. The number of esters is 1. The molecule has 0 aromatic heterocycles. The minimum absolute atomic E-state index is 0.359. The fourth-order valence-corrected chi connectivity index (χ4v) is 2.21. The molecule has 4 nitrogen and oxygen atoms in total. The van der Waals surface area contributed by atoms with Gasteiger partial charge in [-0.1, -0.05) is 25.3 Å². The average molecular weight is 352 g/mol. The molecule has 0 N–H and O–H groups in total. The zero-order valence-corrected chi connectivity index (χ0v) is 15.5. The van der Waals surface area contributed by atoms with Gasteiger partial charge in [-0.25, -0.2) is 4.79 Å². The number of rotatable bonds is 8. The molecule has 0 spiro atoms. The molecule has 2 rings (SSSR count). The Morgan fingerprint density at radius 3 is 2.19 bits per heavy atom. The van der Waals surface area contributed by atoms with Crippen molar-refractivity contribution in [2.75, 3.05) is 13.2 Å². The fraction of sp³-hybridized carbons (Fsp3) is 0.227. The van der Waals surface area contributed by atoms with E-state index in [4.69, 9.17) is 14.2 Å². The van der Waals surface area contributed by atoms with Crippen LogP contribution >= 0.6 is 0 Å². The Balaban J connectivity index is 2.24. The zero-order chi connectivity index (χ0) is 19.1. The molecule has 136 valence electrons. The minimum atomic E-state index is -0.438. The normalized spacial score (nSPS) is 10.1. The van der Waals surface area contributed by atoms with Crippen LogP contribution in [0, 0.1) is 0 Å². The van der Waals surface area contributed by atoms with Crippen molar-refractivity contribution in [3.63, 3.8) is 0 Å². The van der Waals surface area contributed by atoms with Crippen molar-refractivity contribution < 1.29 is 19.0 Å². The predicted molar refractivity (Wildman–Crippen MR) is 104 cm³/mol. The van der Waals surface area contributed by atoms with Gasteiger partial charge in [0, 0.05) is 17.2 Å². The average Bonchev–Trinajstić information content (AvgIpc) is 2.61. The fourth-order valence-electron chi connectivity index (χ4n) is 2.21. The van der Waals surface area contributed by atoms with Gasteiger partial charge in [-0.2, -0.15) is 0 Å².